The van der Waals surface area contributed by atoms with Crippen LogP contribution in [0.3, 0.4) is 0 Å². The van der Waals surface area contributed by atoms with Crippen LogP contribution in [0.4, 0.5) is 15.8 Å². The molecule has 0 amide bonds. The number of carbonyl (C=O) groups is 1. The van der Waals surface area contributed by atoms with Gasteiger partial charge >= 0.3 is 5.97 Å². The first-order valence-electron chi connectivity index (χ1n) is 6.04. The van der Waals surface area contributed by atoms with Crippen LogP contribution in [-0.2, 0) is 4.74 Å². The van der Waals surface area contributed by atoms with Crippen molar-refractivity contribution in [3.8, 4) is 0 Å². The van der Waals surface area contributed by atoms with Gasteiger partial charge in [-0.15, -0.1) is 0 Å². The summed E-state index contributed by atoms with van der Waals surface area (Å²) >= 11 is 0. The number of halogens is 1. The maximum atomic E-state index is 13.6. The topological polar surface area (TPSA) is 102 Å². The van der Waals surface area contributed by atoms with Gasteiger partial charge in [0.1, 0.15) is 17.1 Å². The van der Waals surface area contributed by atoms with Gasteiger partial charge in [0.05, 0.1) is 11.5 Å². The molecule has 1 unspecified atom stereocenters. The Hall–Kier alpha value is -2.22. The van der Waals surface area contributed by atoms with Crippen LogP contribution >= 0.6 is 0 Å². The van der Waals surface area contributed by atoms with Gasteiger partial charge in [-0.25, -0.2) is 9.18 Å². The fourth-order valence-electron chi connectivity index (χ4n) is 2.07. The van der Waals surface area contributed by atoms with Crippen molar-refractivity contribution in [3.05, 3.63) is 33.6 Å². The number of carboxylic acid groups (broad SMARTS) is 1. The molecule has 108 valence electrons. The lowest BCUT2D eigenvalue weighted by Crippen LogP contribution is -2.30. The standard InChI is InChI=1S/C12H13FN2O5/c13-9-5-10(14-7-2-1-3-20-6-7)11(15(18)19)4-8(9)12(16)17/h4-5,7,14H,1-3,6H2,(H,16,17). The molecule has 2 rings (SSSR count). The van der Waals surface area contributed by atoms with Gasteiger partial charge in [-0.2, -0.15) is 0 Å². The molecule has 7 nitrogen and oxygen atoms in total. The van der Waals surface area contributed by atoms with E-state index in [-0.39, 0.29) is 11.7 Å². The van der Waals surface area contributed by atoms with Crippen molar-refractivity contribution in [3.63, 3.8) is 0 Å². The van der Waals surface area contributed by atoms with Crippen LogP contribution in [0.2, 0.25) is 0 Å². The van der Waals surface area contributed by atoms with E-state index in [4.69, 9.17) is 9.84 Å². The molecular weight excluding hydrogens is 271 g/mol. The third kappa shape index (κ3) is 3.02. The second kappa shape index (κ2) is 5.83. The Morgan fingerprint density at radius 2 is 2.30 bits per heavy atom. The number of nitrogens with one attached hydrogen (secondary N) is 1. The number of nitrogens with zero attached hydrogens (tertiary/aromatic N) is 1. The van der Waals surface area contributed by atoms with E-state index in [0.29, 0.717) is 13.2 Å². The van der Waals surface area contributed by atoms with Gasteiger partial charge in [-0.1, -0.05) is 0 Å². The summed E-state index contributed by atoms with van der Waals surface area (Å²) in [6.45, 7) is 1.01. The van der Waals surface area contributed by atoms with E-state index in [9.17, 15) is 19.3 Å². The highest BCUT2D eigenvalue weighted by atomic mass is 19.1. The number of benzene rings is 1. The zero-order chi connectivity index (χ0) is 14.7. The summed E-state index contributed by atoms with van der Waals surface area (Å²) in [6.07, 6.45) is 1.56. The predicted molar refractivity (Wildman–Crippen MR) is 67.5 cm³/mol. The van der Waals surface area contributed by atoms with Crippen molar-refractivity contribution in [2.24, 2.45) is 0 Å². The monoisotopic (exact) mass is 284 g/mol. The van der Waals surface area contributed by atoms with Crippen molar-refractivity contribution in [2.45, 2.75) is 18.9 Å². The number of nitro benzene ring substituents is 1. The molecule has 0 aliphatic carbocycles. The molecule has 2 N–H and O–H groups in total. The minimum absolute atomic E-state index is 0.0343. The van der Waals surface area contributed by atoms with Crippen LogP contribution in [0.15, 0.2) is 12.1 Å². The van der Waals surface area contributed by atoms with Gasteiger partial charge in [0.15, 0.2) is 0 Å². The van der Waals surface area contributed by atoms with E-state index in [1.54, 1.807) is 0 Å². The zero-order valence-corrected chi connectivity index (χ0v) is 10.5. The van der Waals surface area contributed by atoms with Crippen LogP contribution in [0.25, 0.3) is 0 Å². The van der Waals surface area contributed by atoms with Gasteiger partial charge in [0.25, 0.3) is 5.69 Å². The molecule has 1 aromatic carbocycles. The minimum atomic E-state index is -1.54. The molecule has 20 heavy (non-hydrogen) atoms. The first-order valence-corrected chi connectivity index (χ1v) is 6.04. The smallest absolute Gasteiger partial charge is 0.338 e. The van der Waals surface area contributed by atoms with Crippen LogP contribution < -0.4 is 5.32 Å². The van der Waals surface area contributed by atoms with Gasteiger partial charge < -0.3 is 15.2 Å². The van der Waals surface area contributed by atoms with E-state index in [1.165, 1.54) is 0 Å². The molecule has 1 aliphatic rings. The van der Waals surface area contributed by atoms with Crippen molar-refractivity contribution < 1.29 is 24.0 Å². The summed E-state index contributed by atoms with van der Waals surface area (Å²) < 4.78 is 18.9. The third-order valence-electron chi connectivity index (χ3n) is 3.03. The Labute approximate surface area is 113 Å². The molecule has 0 bridgehead atoms. The fourth-order valence-corrected chi connectivity index (χ4v) is 2.07. The predicted octanol–water partition coefficient (Wildman–Crippen LogP) is 2.02. The highest BCUT2D eigenvalue weighted by molar-refractivity contribution is 5.90. The van der Waals surface area contributed by atoms with Crippen LogP contribution in [0.1, 0.15) is 23.2 Å². The number of rotatable bonds is 4. The number of aromatic carboxylic acids is 1. The molecule has 8 heteroatoms. The number of hydrogen-bond acceptors (Lipinski definition) is 5. The van der Waals surface area contributed by atoms with Gasteiger partial charge in [0.2, 0.25) is 0 Å². The van der Waals surface area contributed by atoms with Crippen molar-refractivity contribution in [1.29, 1.82) is 0 Å². The maximum absolute atomic E-state index is 13.6. The highest BCUT2D eigenvalue weighted by Crippen LogP contribution is 2.29. The van der Waals surface area contributed by atoms with Gasteiger partial charge in [-0.3, -0.25) is 10.1 Å². The number of ether oxygens (including phenoxy) is 1. The molecule has 0 spiro atoms. The Kier molecular flexibility index (Phi) is 4.14. The van der Waals surface area contributed by atoms with E-state index >= 15 is 0 Å². The average Bonchev–Trinajstić information content (AvgIpc) is 2.39. The molecule has 1 aliphatic heterocycles. The van der Waals surface area contributed by atoms with Crippen molar-refractivity contribution in [1.82, 2.24) is 0 Å². The largest absolute Gasteiger partial charge is 0.478 e. The van der Waals surface area contributed by atoms with E-state index < -0.39 is 28.0 Å². The lowest BCUT2D eigenvalue weighted by molar-refractivity contribution is -0.384. The summed E-state index contributed by atoms with van der Waals surface area (Å²) in [5, 5.41) is 22.6. The first kappa shape index (κ1) is 14.2. The second-order valence-electron chi connectivity index (χ2n) is 4.47. The number of anilines is 1. The molecular formula is C12H13FN2O5. The maximum Gasteiger partial charge on any atom is 0.338 e. The minimum Gasteiger partial charge on any atom is -0.478 e. The van der Waals surface area contributed by atoms with Gasteiger partial charge in [-0.05, 0) is 12.8 Å². The normalized spacial score (nSPS) is 18.6. The Balaban J connectivity index is 2.33. The molecule has 1 fully saturated rings. The summed E-state index contributed by atoms with van der Waals surface area (Å²) in [4.78, 5) is 21.0. The Morgan fingerprint density at radius 3 is 2.85 bits per heavy atom. The van der Waals surface area contributed by atoms with Crippen LogP contribution in [-0.4, -0.2) is 35.3 Å². The average molecular weight is 284 g/mol. The van der Waals surface area contributed by atoms with E-state index in [1.807, 2.05) is 0 Å². The van der Waals surface area contributed by atoms with Crippen LogP contribution in [0, 0.1) is 15.9 Å². The van der Waals surface area contributed by atoms with Gasteiger partial charge in [0, 0.05) is 24.8 Å². The fraction of sp³-hybridized carbons (Fsp3) is 0.417. The number of nitro groups is 1. The molecule has 1 atom stereocenters. The lowest BCUT2D eigenvalue weighted by Gasteiger charge is -2.24. The van der Waals surface area contributed by atoms with Crippen molar-refractivity contribution >= 4 is 17.3 Å². The molecule has 1 aromatic rings. The molecule has 0 radical (unpaired) electrons. The molecule has 0 aromatic heterocycles. The number of hydrogen-bond donors (Lipinski definition) is 2. The zero-order valence-electron chi connectivity index (χ0n) is 10.5. The first-order chi connectivity index (χ1) is 9.49. The summed E-state index contributed by atoms with van der Waals surface area (Å²) in [5.41, 5.74) is -1.22. The molecule has 1 saturated heterocycles. The molecule has 0 saturated carbocycles. The Morgan fingerprint density at radius 1 is 1.55 bits per heavy atom. The quantitative estimate of drug-likeness (QED) is 0.648. The molecule has 1 heterocycles. The Bertz CT molecular complexity index is 543. The summed E-state index contributed by atoms with van der Waals surface area (Å²) in [6, 6.07) is 1.41. The summed E-state index contributed by atoms with van der Waals surface area (Å²) in [7, 11) is 0. The highest BCUT2D eigenvalue weighted by Gasteiger charge is 2.24. The third-order valence-corrected chi connectivity index (χ3v) is 3.03. The SMILES string of the molecule is O=C(O)c1cc([N+](=O)[O-])c(NC2CCCOC2)cc1F. The lowest BCUT2D eigenvalue weighted by atomic mass is 10.1. The van der Waals surface area contributed by atoms with Crippen LogP contribution in [0.5, 0.6) is 0 Å². The van der Waals surface area contributed by atoms with Crippen molar-refractivity contribution in [2.75, 3.05) is 18.5 Å². The van der Waals surface area contributed by atoms with E-state index in [0.717, 1.165) is 25.0 Å². The van der Waals surface area contributed by atoms with E-state index in [2.05, 4.69) is 5.32 Å². The second-order valence-corrected chi connectivity index (χ2v) is 4.47. The number of carboxylic acids is 1. The summed E-state index contributed by atoms with van der Waals surface area (Å²) in [5.74, 6) is -2.56.